The third kappa shape index (κ3) is 3.12. The summed E-state index contributed by atoms with van der Waals surface area (Å²) in [5.74, 6) is -1.59. The first-order valence-electron chi connectivity index (χ1n) is 10.2. The summed E-state index contributed by atoms with van der Waals surface area (Å²) < 4.78 is 0. The number of hydroxylamine groups is 1. The zero-order chi connectivity index (χ0) is 22.4. The van der Waals surface area contributed by atoms with Gasteiger partial charge in [-0.25, -0.2) is 9.96 Å². The molecule has 0 aliphatic carbocycles. The second kappa shape index (κ2) is 7.58. The average molecular weight is 429 g/mol. The number of hydrogen-bond acceptors (Lipinski definition) is 6. The van der Waals surface area contributed by atoms with E-state index in [0.29, 0.717) is 11.4 Å². The maximum absolute atomic E-state index is 13.5. The highest BCUT2D eigenvalue weighted by molar-refractivity contribution is 6.23. The lowest BCUT2D eigenvalue weighted by Crippen LogP contribution is -2.37. The fourth-order valence-electron chi connectivity index (χ4n) is 4.32. The van der Waals surface area contributed by atoms with Gasteiger partial charge < -0.3 is 0 Å². The number of anilines is 2. The summed E-state index contributed by atoms with van der Waals surface area (Å²) >= 11 is 0. The predicted octanol–water partition coefficient (Wildman–Crippen LogP) is 3.95. The molecule has 3 atom stereocenters. The molecule has 2 amide bonds. The molecule has 32 heavy (non-hydrogen) atoms. The summed E-state index contributed by atoms with van der Waals surface area (Å²) in [6.45, 7) is 1.93. The molecule has 0 aromatic heterocycles. The topological polar surface area (TPSA) is 93.0 Å². The Kier molecular flexibility index (Phi) is 4.71. The van der Waals surface area contributed by atoms with E-state index in [2.05, 4.69) is 0 Å². The monoisotopic (exact) mass is 429 g/mol. The first kappa shape index (κ1) is 19.9. The van der Waals surface area contributed by atoms with Crippen LogP contribution >= 0.6 is 0 Å². The van der Waals surface area contributed by atoms with Crippen molar-refractivity contribution in [2.24, 2.45) is 5.92 Å². The van der Waals surface area contributed by atoms with Crippen molar-refractivity contribution in [3.8, 4) is 0 Å². The number of imide groups is 1. The van der Waals surface area contributed by atoms with Gasteiger partial charge in [0.25, 0.3) is 11.6 Å². The van der Waals surface area contributed by atoms with E-state index in [-0.39, 0.29) is 11.6 Å². The van der Waals surface area contributed by atoms with Crippen LogP contribution in [0.2, 0.25) is 0 Å². The number of carbonyl (C=O) groups is 2. The Morgan fingerprint density at radius 2 is 1.59 bits per heavy atom. The van der Waals surface area contributed by atoms with Gasteiger partial charge in [-0.3, -0.25) is 24.5 Å². The van der Waals surface area contributed by atoms with Crippen molar-refractivity contribution in [2.45, 2.75) is 19.1 Å². The molecule has 2 aliphatic heterocycles. The number of hydrogen-bond donors (Lipinski definition) is 0. The second-order valence-corrected chi connectivity index (χ2v) is 7.86. The van der Waals surface area contributed by atoms with Gasteiger partial charge in [0.15, 0.2) is 6.10 Å². The van der Waals surface area contributed by atoms with Gasteiger partial charge in [-0.15, -0.1) is 0 Å². The smallest absolute Gasteiger partial charge is 0.271 e. The number of amides is 2. The number of aryl methyl sites for hydroxylation is 1. The van der Waals surface area contributed by atoms with Crippen LogP contribution in [0.25, 0.3) is 0 Å². The normalized spacial score (nSPS) is 22.3. The van der Waals surface area contributed by atoms with E-state index in [1.54, 1.807) is 24.3 Å². The standard InChI is InChI=1S/C24H19N3O5/c1-15-10-12-17(13-11-15)25-23(28)20-21(16-6-3-2-4-7-16)26(32-22(20)24(25)29)18-8-5-9-19(14-18)27(30)31/h2-14,20-22H,1H3/t20-,21+,22-/m1/s1. The maximum atomic E-state index is 13.5. The fraction of sp³-hybridized carbons (Fsp3) is 0.167. The van der Waals surface area contributed by atoms with Crippen molar-refractivity contribution >= 4 is 28.9 Å². The average Bonchev–Trinajstić information content (AvgIpc) is 3.31. The van der Waals surface area contributed by atoms with Gasteiger partial charge in [-0.05, 0) is 30.7 Å². The number of fused-ring (bicyclic) bond motifs is 1. The Hall–Kier alpha value is -4.04. The Morgan fingerprint density at radius 3 is 2.28 bits per heavy atom. The third-order valence-electron chi connectivity index (χ3n) is 5.84. The molecule has 0 radical (unpaired) electrons. The molecule has 2 saturated heterocycles. The molecule has 0 saturated carbocycles. The molecule has 2 aliphatic rings. The lowest BCUT2D eigenvalue weighted by Gasteiger charge is -2.28. The van der Waals surface area contributed by atoms with Gasteiger partial charge in [0.05, 0.1) is 22.3 Å². The Bertz CT molecular complexity index is 1210. The van der Waals surface area contributed by atoms with Crippen LogP contribution in [0, 0.1) is 23.0 Å². The molecular weight excluding hydrogens is 410 g/mol. The molecule has 5 rings (SSSR count). The van der Waals surface area contributed by atoms with Crippen LogP contribution in [0.1, 0.15) is 17.2 Å². The maximum Gasteiger partial charge on any atom is 0.271 e. The van der Waals surface area contributed by atoms with Crippen LogP contribution in [0.15, 0.2) is 78.9 Å². The van der Waals surface area contributed by atoms with Gasteiger partial charge in [0.2, 0.25) is 5.91 Å². The number of carbonyl (C=O) groups excluding carboxylic acids is 2. The summed E-state index contributed by atoms with van der Waals surface area (Å²) in [6.07, 6.45) is -1.02. The zero-order valence-corrected chi connectivity index (χ0v) is 17.1. The van der Waals surface area contributed by atoms with Crippen molar-refractivity contribution in [3.05, 3.63) is 100 Å². The SMILES string of the molecule is Cc1ccc(N2C(=O)[C@H]3[C@@H](ON(c4cccc([N+](=O)[O-])c4)[C@H]3c3ccccc3)C2=O)cc1. The van der Waals surface area contributed by atoms with Gasteiger partial charge >= 0.3 is 0 Å². The fourth-order valence-corrected chi connectivity index (χ4v) is 4.32. The molecule has 0 unspecified atom stereocenters. The molecular formula is C24H19N3O5. The minimum atomic E-state index is -1.02. The number of nitrogens with zero attached hydrogens (tertiary/aromatic N) is 3. The highest BCUT2D eigenvalue weighted by Gasteiger charge is 2.60. The molecule has 2 fully saturated rings. The molecule has 8 heteroatoms. The Labute approximate surface area is 183 Å². The van der Waals surface area contributed by atoms with E-state index in [0.717, 1.165) is 11.1 Å². The zero-order valence-electron chi connectivity index (χ0n) is 17.1. The molecule has 0 N–H and O–H groups in total. The summed E-state index contributed by atoms with van der Waals surface area (Å²) in [5, 5.41) is 12.7. The molecule has 2 heterocycles. The molecule has 160 valence electrons. The molecule has 3 aromatic rings. The Balaban J connectivity index is 1.58. The summed E-state index contributed by atoms with van der Waals surface area (Å²) in [5.41, 5.74) is 2.60. The van der Waals surface area contributed by atoms with E-state index >= 15 is 0 Å². The van der Waals surface area contributed by atoms with Crippen LogP contribution in [0.3, 0.4) is 0 Å². The molecule has 0 bridgehead atoms. The quantitative estimate of drug-likeness (QED) is 0.354. The van der Waals surface area contributed by atoms with Crippen LogP contribution < -0.4 is 9.96 Å². The second-order valence-electron chi connectivity index (χ2n) is 7.86. The Morgan fingerprint density at radius 1 is 0.875 bits per heavy atom. The molecule has 8 nitrogen and oxygen atoms in total. The minimum absolute atomic E-state index is 0.103. The van der Waals surface area contributed by atoms with Crippen LogP contribution in [0.5, 0.6) is 0 Å². The van der Waals surface area contributed by atoms with Crippen molar-refractivity contribution < 1.29 is 19.3 Å². The predicted molar refractivity (Wildman–Crippen MR) is 117 cm³/mol. The highest BCUT2D eigenvalue weighted by Crippen LogP contribution is 2.47. The lowest BCUT2D eigenvalue weighted by molar-refractivity contribution is -0.384. The first-order chi connectivity index (χ1) is 15.5. The first-order valence-corrected chi connectivity index (χ1v) is 10.2. The van der Waals surface area contributed by atoms with E-state index in [9.17, 15) is 19.7 Å². The lowest BCUT2D eigenvalue weighted by atomic mass is 9.90. The van der Waals surface area contributed by atoms with Gasteiger partial charge in [0, 0.05) is 12.1 Å². The summed E-state index contributed by atoms with van der Waals surface area (Å²) in [6, 6.07) is 21.8. The van der Waals surface area contributed by atoms with Crippen LogP contribution in [-0.4, -0.2) is 22.8 Å². The number of nitro benzene ring substituents is 1. The molecule has 0 spiro atoms. The van der Waals surface area contributed by atoms with Crippen molar-refractivity contribution in [1.29, 1.82) is 0 Å². The third-order valence-corrected chi connectivity index (χ3v) is 5.84. The van der Waals surface area contributed by atoms with E-state index in [4.69, 9.17) is 4.84 Å². The summed E-state index contributed by atoms with van der Waals surface area (Å²) in [7, 11) is 0. The van der Waals surface area contributed by atoms with Crippen molar-refractivity contribution in [1.82, 2.24) is 0 Å². The van der Waals surface area contributed by atoms with Gasteiger partial charge in [-0.2, -0.15) is 0 Å². The number of benzene rings is 3. The number of nitro groups is 1. The van der Waals surface area contributed by atoms with E-state index in [1.165, 1.54) is 22.1 Å². The van der Waals surface area contributed by atoms with Gasteiger partial charge in [0.1, 0.15) is 5.92 Å². The van der Waals surface area contributed by atoms with E-state index < -0.39 is 28.9 Å². The van der Waals surface area contributed by atoms with Crippen LogP contribution in [-0.2, 0) is 14.4 Å². The number of non-ortho nitro benzene ring substituents is 1. The number of rotatable bonds is 4. The largest absolute Gasteiger partial charge is 0.273 e. The summed E-state index contributed by atoms with van der Waals surface area (Å²) in [4.78, 5) is 44.8. The van der Waals surface area contributed by atoms with Gasteiger partial charge in [-0.1, -0.05) is 54.1 Å². The highest BCUT2D eigenvalue weighted by atomic mass is 16.7. The minimum Gasteiger partial charge on any atom is -0.273 e. The van der Waals surface area contributed by atoms with Crippen LogP contribution in [0.4, 0.5) is 17.1 Å². The van der Waals surface area contributed by atoms with Crippen molar-refractivity contribution in [3.63, 3.8) is 0 Å². The van der Waals surface area contributed by atoms with E-state index in [1.807, 2.05) is 49.4 Å². The molecule has 3 aromatic carbocycles. The van der Waals surface area contributed by atoms with Crippen molar-refractivity contribution in [2.75, 3.05) is 9.96 Å².